The highest BCUT2D eigenvalue weighted by molar-refractivity contribution is 5.81. The maximum atomic E-state index is 14.4. The summed E-state index contributed by atoms with van der Waals surface area (Å²) in [5, 5.41) is 4.59. The molecule has 6 rings (SSSR count). The van der Waals surface area contributed by atoms with Crippen molar-refractivity contribution >= 4 is 10.9 Å². The molecule has 4 heterocycles. The van der Waals surface area contributed by atoms with Crippen molar-refractivity contribution in [2.45, 2.75) is 32.0 Å². The van der Waals surface area contributed by atoms with Crippen molar-refractivity contribution in [1.29, 1.82) is 0 Å². The lowest BCUT2D eigenvalue weighted by atomic mass is 9.84. The number of halogens is 1. The number of pyridine rings is 1. The molecular formula is C25H28FN3O2. The van der Waals surface area contributed by atoms with E-state index in [1.807, 2.05) is 24.3 Å². The minimum absolute atomic E-state index is 0.0854. The van der Waals surface area contributed by atoms with Gasteiger partial charge in [-0.25, -0.2) is 4.39 Å². The van der Waals surface area contributed by atoms with Gasteiger partial charge in [-0.3, -0.25) is 4.79 Å². The average Bonchev–Trinajstić information content (AvgIpc) is 2.81. The Hall–Kier alpha value is -2.70. The number of rotatable bonds is 6. The van der Waals surface area contributed by atoms with Crippen molar-refractivity contribution in [3.63, 3.8) is 0 Å². The highest BCUT2D eigenvalue weighted by Crippen LogP contribution is 2.28. The molecule has 0 spiro atoms. The zero-order chi connectivity index (χ0) is 21.4. The van der Waals surface area contributed by atoms with Crippen molar-refractivity contribution < 1.29 is 9.13 Å². The van der Waals surface area contributed by atoms with Gasteiger partial charge >= 0.3 is 0 Å². The zero-order valence-electron chi connectivity index (χ0n) is 17.8. The molecule has 31 heavy (non-hydrogen) atoms. The van der Waals surface area contributed by atoms with Gasteiger partial charge in [0.2, 0.25) is 0 Å². The first-order valence-electron chi connectivity index (χ1n) is 11.0. The fourth-order valence-corrected chi connectivity index (χ4v) is 5.06. The lowest BCUT2D eigenvalue weighted by Gasteiger charge is -2.45. The van der Waals surface area contributed by atoms with Crippen LogP contribution < -0.4 is 15.6 Å². The molecule has 162 valence electrons. The number of aromatic nitrogens is 1. The smallest absolute Gasteiger partial charge is 0.255 e. The van der Waals surface area contributed by atoms with E-state index in [0.717, 1.165) is 17.4 Å². The third-order valence-electron chi connectivity index (χ3n) is 6.88. The molecule has 3 fully saturated rings. The number of fused-ring (bicyclic) bond motifs is 4. The second-order valence-corrected chi connectivity index (χ2v) is 8.70. The van der Waals surface area contributed by atoms with Crippen molar-refractivity contribution in [1.82, 2.24) is 14.8 Å². The van der Waals surface area contributed by atoms with Crippen molar-refractivity contribution in [2.75, 3.05) is 26.7 Å². The number of methoxy groups -OCH3 is 1. The van der Waals surface area contributed by atoms with Gasteiger partial charge in [0.1, 0.15) is 11.6 Å². The molecule has 3 aliphatic rings. The van der Waals surface area contributed by atoms with E-state index in [4.69, 9.17) is 4.74 Å². The summed E-state index contributed by atoms with van der Waals surface area (Å²) < 4.78 is 21.4. The summed E-state index contributed by atoms with van der Waals surface area (Å²) in [5.74, 6) is 1.06. The Morgan fingerprint density at radius 3 is 2.61 bits per heavy atom. The third kappa shape index (κ3) is 3.98. The number of hydrogen-bond donors (Lipinski definition) is 1. The molecule has 3 aliphatic heterocycles. The summed E-state index contributed by atoms with van der Waals surface area (Å²) in [4.78, 5) is 16.0. The fourth-order valence-electron chi connectivity index (χ4n) is 5.06. The van der Waals surface area contributed by atoms with Gasteiger partial charge in [0.05, 0.1) is 19.2 Å². The number of ether oxygens (including phenoxy) is 1. The van der Waals surface area contributed by atoms with Crippen LogP contribution in [0, 0.1) is 11.7 Å². The fraction of sp³-hybridized carbons (Fsp3) is 0.400. The molecule has 2 aromatic carbocycles. The Bertz CT molecular complexity index is 1150. The quantitative estimate of drug-likeness (QED) is 0.663. The number of benzene rings is 2. The summed E-state index contributed by atoms with van der Waals surface area (Å²) in [6, 6.07) is 14.7. The van der Waals surface area contributed by atoms with Crippen LogP contribution in [0.15, 0.2) is 53.3 Å². The lowest BCUT2D eigenvalue weighted by molar-refractivity contribution is 0.0719. The van der Waals surface area contributed by atoms with Crippen molar-refractivity contribution in [3.8, 4) is 5.75 Å². The first kappa shape index (κ1) is 20.2. The summed E-state index contributed by atoms with van der Waals surface area (Å²) in [7, 11) is 1.60. The summed E-state index contributed by atoms with van der Waals surface area (Å²) >= 11 is 0. The molecule has 1 N–H and O–H groups in total. The van der Waals surface area contributed by atoms with Crippen molar-refractivity contribution in [3.05, 3.63) is 75.8 Å². The molecule has 0 unspecified atom stereocenters. The Morgan fingerprint density at radius 2 is 1.90 bits per heavy atom. The Balaban J connectivity index is 1.50. The van der Waals surface area contributed by atoms with E-state index in [1.54, 1.807) is 29.9 Å². The predicted molar refractivity (Wildman–Crippen MR) is 120 cm³/mol. The third-order valence-corrected chi connectivity index (χ3v) is 6.88. The van der Waals surface area contributed by atoms with Crippen LogP contribution in [0.3, 0.4) is 0 Å². The molecule has 1 aromatic heterocycles. The van der Waals surface area contributed by atoms with Crippen LogP contribution in [-0.4, -0.2) is 42.3 Å². The average molecular weight is 422 g/mol. The van der Waals surface area contributed by atoms with Crippen LogP contribution >= 0.6 is 0 Å². The molecule has 6 heteroatoms. The topological polar surface area (TPSA) is 46.5 Å². The zero-order valence-corrected chi connectivity index (χ0v) is 17.8. The van der Waals surface area contributed by atoms with E-state index in [2.05, 4.69) is 10.2 Å². The Labute approximate surface area is 181 Å². The molecule has 0 saturated carbocycles. The molecule has 0 amide bonds. The standard InChI is InChI=1S/C25H28FN3O2/c1-31-21-7-6-18-12-20(14-27-23-16-28-10-8-17(23)9-11-28)25(30)29(24(18)13-21)15-19-4-2-3-5-22(19)26/h2-7,12-13,17,23,27H,8-11,14-16H2,1H3/t23-/m1/s1. The minimum Gasteiger partial charge on any atom is -0.497 e. The van der Waals surface area contributed by atoms with Crippen LogP contribution in [0.2, 0.25) is 0 Å². The highest BCUT2D eigenvalue weighted by Gasteiger charge is 2.33. The van der Waals surface area contributed by atoms with Crippen LogP contribution in [0.25, 0.3) is 10.9 Å². The molecular weight excluding hydrogens is 393 g/mol. The minimum atomic E-state index is -0.304. The normalized spacial score (nSPS) is 22.7. The van der Waals surface area contributed by atoms with Crippen LogP contribution in [0.4, 0.5) is 4.39 Å². The molecule has 2 bridgehead atoms. The first-order valence-corrected chi connectivity index (χ1v) is 11.0. The van der Waals surface area contributed by atoms with E-state index in [0.29, 0.717) is 35.4 Å². The SMILES string of the molecule is COc1ccc2cc(CN[C@@H]3CN4CCC3CC4)c(=O)n(Cc3ccccc3F)c2c1. The largest absolute Gasteiger partial charge is 0.497 e. The summed E-state index contributed by atoms with van der Waals surface area (Å²) in [5.41, 5.74) is 1.87. The molecule has 5 nitrogen and oxygen atoms in total. The Kier molecular flexibility index (Phi) is 5.50. The van der Waals surface area contributed by atoms with E-state index in [-0.39, 0.29) is 17.9 Å². The molecule has 0 radical (unpaired) electrons. The monoisotopic (exact) mass is 421 g/mol. The van der Waals surface area contributed by atoms with Crippen LogP contribution in [-0.2, 0) is 13.1 Å². The van der Waals surface area contributed by atoms with Gasteiger partial charge in [-0.2, -0.15) is 0 Å². The molecule has 3 aromatic rings. The second-order valence-electron chi connectivity index (χ2n) is 8.70. The first-order chi connectivity index (χ1) is 15.1. The number of nitrogens with zero attached hydrogens (tertiary/aromatic N) is 2. The number of nitrogens with one attached hydrogen (secondary N) is 1. The van der Waals surface area contributed by atoms with Gasteiger partial charge < -0.3 is 19.5 Å². The maximum Gasteiger partial charge on any atom is 0.255 e. The second kappa shape index (κ2) is 8.44. The summed E-state index contributed by atoms with van der Waals surface area (Å²) in [6.45, 7) is 4.14. The van der Waals surface area contributed by atoms with Gasteiger partial charge in [0.15, 0.2) is 0 Å². The van der Waals surface area contributed by atoms with Crippen LogP contribution in [0.5, 0.6) is 5.75 Å². The van der Waals surface area contributed by atoms with Gasteiger partial charge in [-0.15, -0.1) is 0 Å². The van der Waals surface area contributed by atoms with Gasteiger partial charge in [0, 0.05) is 36.3 Å². The van der Waals surface area contributed by atoms with E-state index >= 15 is 0 Å². The van der Waals surface area contributed by atoms with Crippen LogP contribution in [0.1, 0.15) is 24.0 Å². The number of hydrogen-bond acceptors (Lipinski definition) is 4. The lowest BCUT2D eigenvalue weighted by Crippen LogP contribution is -2.56. The summed E-state index contributed by atoms with van der Waals surface area (Å²) in [6.07, 6.45) is 2.46. The highest BCUT2D eigenvalue weighted by atomic mass is 19.1. The van der Waals surface area contributed by atoms with Crippen molar-refractivity contribution in [2.24, 2.45) is 5.92 Å². The maximum absolute atomic E-state index is 14.4. The van der Waals surface area contributed by atoms with Gasteiger partial charge in [-0.1, -0.05) is 18.2 Å². The predicted octanol–water partition coefficient (Wildman–Crippen LogP) is 3.38. The van der Waals surface area contributed by atoms with E-state index in [9.17, 15) is 9.18 Å². The molecule has 0 aliphatic carbocycles. The van der Waals surface area contributed by atoms with Gasteiger partial charge in [-0.05, 0) is 61.5 Å². The number of piperidine rings is 3. The van der Waals surface area contributed by atoms with E-state index in [1.165, 1.54) is 32.0 Å². The Morgan fingerprint density at radius 1 is 1.10 bits per heavy atom. The van der Waals surface area contributed by atoms with E-state index < -0.39 is 0 Å². The van der Waals surface area contributed by atoms with Gasteiger partial charge in [0.25, 0.3) is 5.56 Å². The molecule has 1 atom stereocenters. The molecule has 3 saturated heterocycles.